The third kappa shape index (κ3) is 6.94. The van der Waals surface area contributed by atoms with Gasteiger partial charge in [-0.25, -0.2) is 0 Å². The third-order valence-electron chi connectivity index (χ3n) is 4.15. The van der Waals surface area contributed by atoms with Gasteiger partial charge in [0, 0.05) is 28.5 Å². The molecule has 5 nitrogen and oxygen atoms in total. The van der Waals surface area contributed by atoms with Gasteiger partial charge in [-0.05, 0) is 49.2 Å². The zero-order chi connectivity index (χ0) is 19.6. The molecular weight excluding hydrogens is 362 g/mol. The molecule has 0 aromatic heterocycles. The van der Waals surface area contributed by atoms with Crippen LogP contribution in [0.2, 0.25) is 5.02 Å². The molecule has 0 heterocycles. The maximum absolute atomic E-state index is 12.2. The minimum atomic E-state index is -0.172. The van der Waals surface area contributed by atoms with Crippen molar-refractivity contribution < 1.29 is 9.59 Å². The van der Waals surface area contributed by atoms with E-state index in [0.717, 1.165) is 30.5 Å². The first-order valence-electron chi connectivity index (χ1n) is 9.18. The molecule has 2 aromatic rings. The highest BCUT2D eigenvalue weighted by molar-refractivity contribution is 6.31. The Morgan fingerprint density at radius 3 is 2.48 bits per heavy atom. The number of anilines is 3. The Bertz CT molecular complexity index is 793. The first-order chi connectivity index (χ1) is 13.0. The fourth-order valence-corrected chi connectivity index (χ4v) is 2.76. The van der Waals surface area contributed by atoms with Crippen LogP contribution in [0.4, 0.5) is 17.1 Å². The highest BCUT2D eigenvalue weighted by Crippen LogP contribution is 2.23. The van der Waals surface area contributed by atoms with E-state index < -0.39 is 0 Å². The molecule has 0 bridgehead atoms. The summed E-state index contributed by atoms with van der Waals surface area (Å²) < 4.78 is 0. The molecule has 0 aliphatic rings. The van der Waals surface area contributed by atoms with E-state index in [2.05, 4.69) is 22.9 Å². The van der Waals surface area contributed by atoms with Crippen LogP contribution in [0.3, 0.4) is 0 Å². The molecule has 0 saturated carbocycles. The molecule has 27 heavy (non-hydrogen) atoms. The number of unbranched alkanes of at least 4 members (excludes halogenated alkanes) is 2. The molecule has 2 amide bonds. The normalized spacial score (nSPS) is 10.3. The second-order valence-corrected chi connectivity index (χ2v) is 6.81. The average Bonchev–Trinajstić information content (AvgIpc) is 2.64. The van der Waals surface area contributed by atoms with E-state index in [1.807, 2.05) is 37.3 Å². The van der Waals surface area contributed by atoms with Crippen LogP contribution in [0.15, 0.2) is 42.5 Å². The molecule has 0 unspecified atom stereocenters. The van der Waals surface area contributed by atoms with Crippen LogP contribution in [-0.2, 0) is 9.59 Å². The summed E-state index contributed by atoms with van der Waals surface area (Å²) >= 11 is 6.07. The molecule has 0 saturated heterocycles. The van der Waals surface area contributed by atoms with Gasteiger partial charge in [0.15, 0.2) is 0 Å². The molecule has 144 valence electrons. The van der Waals surface area contributed by atoms with Gasteiger partial charge >= 0.3 is 0 Å². The van der Waals surface area contributed by atoms with Gasteiger partial charge in [-0.2, -0.15) is 0 Å². The lowest BCUT2D eigenvalue weighted by atomic mass is 10.2. The Morgan fingerprint density at radius 1 is 0.963 bits per heavy atom. The van der Waals surface area contributed by atoms with E-state index in [1.54, 1.807) is 12.1 Å². The third-order valence-corrected chi connectivity index (χ3v) is 4.56. The highest BCUT2D eigenvalue weighted by Gasteiger charge is 2.07. The van der Waals surface area contributed by atoms with E-state index in [-0.39, 0.29) is 18.4 Å². The highest BCUT2D eigenvalue weighted by atomic mass is 35.5. The minimum Gasteiger partial charge on any atom is -0.376 e. The number of halogens is 1. The van der Waals surface area contributed by atoms with Gasteiger partial charge in [0.2, 0.25) is 11.8 Å². The van der Waals surface area contributed by atoms with E-state index in [9.17, 15) is 9.59 Å². The molecule has 6 heteroatoms. The zero-order valence-electron chi connectivity index (χ0n) is 15.8. The lowest BCUT2D eigenvalue weighted by Gasteiger charge is -2.12. The Morgan fingerprint density at radius 2 is 1.70 bits per heavy atom. The van der Waals surface area contributed by atoms with Crippen molar-refractivity contribution in [3.63, 3.8) is 0 Å². The van der Waals surface area contributed by atoms with Crippen molar-refractivity contribution in [1.29, 1.82) is 0 Å². The maximum Gasteiger partial charge on any atom is 0.243 e. The van der Waals surface area contributed by atoms with Crippen molar-refractivity contribution in [3.8, 4) is 0 Å². The Hall–Kier alpha value is -2.53. The number of hydrogen-bond donors (Lipinski definition) is 3. The summed E-state index contributed by atoms with van der Waals surface area (Å²) in [6.07, 6.45) is 3.55. The van der Waals surface area contributed by atoms with E-state index >= 15 is 0 Å². The van der Waals surface area contributed by atoms with Crippen molar-refractivity contribution in [2.45, 2.75) is 39.5 Å². The maximum atomic E-state index is 12.2. The average molecular weight is 388 g/mol. The number of hydrogen-bond acceptors (Lipinski definition) is 3. The van der Waals surface area contributed by atoms with Gasteiger partial charge in [0.1, 0.15) is 0 Å². The summed E-state index contributed by atoms with van der Waals surface area (Å²) in [5.74, 6) is -0.163. The molecule has 0 radical (unpaired) electrons. The predicted octanol–water partition coefficient (Wildman–Crippen LogP) is 5.22. The number of carbonyl (C=O) groups is 2. The second kappa shape index (κ2) is 10.6. The predicted molar refractivity (Wildman–Crippen MR) is 113 cm³/mol. The smallest absolute Gasteiger partial charge is 0.243 e. The first-order valence-corrected chi connectivity index (χ1v) is 9.56. The van der Waals surface area contributed by atoms with Crippen LogP contribution in [0, 0.1) is 6.92 Å². The van der Waals surface area contributed by atoms with Gasteiger partial charge in [-0.15, -0.1) is 0 Å². The Labute approximate surface area is 165 Å². The molecule has 2 aromatic carbocycles. The molecule has 3 N–H and O–H groups in total. The van der Waals surface area contributed by atoms with Crippen LogP contribution in [0.5, 0.6) is 0 Å². The molecular formula is C21H26ClN3O2. The van der Waals surface area contributed by atoms with E-state index in [1.165, 1.54) is 0 Å². The second-order valence-electron chi connectivity index (χ2n) is 6.40. The van der Waals surface area contributed by atoms with Crippen LogP contribution in [-0.4, -0.2) is 18.4 Å². The fraction of sp³-hybridized carbons (Fsp3) is 0.333. The summed E-state index contributed by atoms with van der Waals surface area (Å²) in [7, 11) is 0. The number of rotatable bonds is 9. The lowest BCUT2D eigenvalue weighted by Crippen LogP contribution is -2.22. The van der Waals surface area contributed by atoms with Crippen molar-refractivity contribution >= 4 is 40.5 Å². The molecule has 2 rings (SSSR count). The van der Waals surface area contributed by atoms with Crippen LogP contribution < -0.4 is 16.0 Å². The van der Waals surface area contributed by atoms with Gasteiger partial charge in [0.05, 0.1) is 6.54 Å². The van der Waals surface area contributed by atoms with Gasteiger partial charge in [-0.3, -0.25) is 9.59 Å². The molecule has 0 aliphatic heterocycles. The van der Waals surface area contributed by atoms with Crippen molar-refractivity contribution in [2.75, 3.05) is 22.5 Å². The fourth-order valence-electron chi connectivity index (χ4n) is 2.59. The van der Waals surface area contributed by atoms with Crippen molar-refractivity contribution in [1.82, 2.24) is 0 Å². The SMILES string of the molecule is CCCCCC(=O)Nc1cccc(NCC(=O)Nc2cccc(Cl)c2C)c1. The Kier molecular flexibility index (Phi) is 8.14. The summed E-state index contributed by atoms with van der Waals surface area (Å²) in [6, 6.07) is 12.7. The standard InChI is InChI=1S/C21H26ClN3O2/c1-3-4-5-12-20(26)24-17-9-6-8-16(13-17)23-14-21(27)25-19-11-7-10-18(22)15(19)2/h6-11,13,23H,3-5,12,14H2,1-2H3,(H,24,26)(H,25,27). The summed E-state index contributed by atoms with van der Waals surface area (Å²) in [4.78, 5) is 24.1. The topological polar surface area (TPSA) is 70.2 Å². The number of amides is 2. The van der Waals surface area contributed by atoms with Crippen molar-refractivity contribution in [3.05, 3.63) is 53.1 Å². The minimum absolute atomic E-state index is 0.00905. The molecule has 0 atom stereocenters. The van der Waals surface area contributed by atoms with Crippen LogP contribution >= 0.6 is 11.6 Å². The quantitative estimate of drug-likeness (QED) is 0.517. The van der Waals surface area contributed by atoms with E-state index in [0.29, 0.717) is 22.8 Å². The summed E-state index contributed by atoms with van der Waals surface area (Å²) in [6.45, 7) is 4.08. The van der Waals surface area contributed by atoms with Crippen molar-refractivity contribution in [2.24, 2.45) is 0 Å². The monoisotopic (exact) mass is 387 g/mol. The Balaban J connectivity index is 1.86. The van der Waals surface area contributed by atoms with Gasteiger partial charge in [-0.1, -0.05) is 43.5 Å². The largest absolute Gasteiger partial charge is 0.376 e. The summed E-state index contributed by atoms with van der Waals surface area (Å²) in [5.41, 5.74) is 3.01. The molecule has 0 aliphatic carbocycles. The van der Waals surface area contributed by atoms with Gasteiger partial charge in [0.25, 0.3) is 0 Å². The number of nitrogens with one attached hydrogen (secondary N) is 3. The zero-order valence-corrected chi connectivity index (χ0v) is 16.5. The van der Waals surface area contributed by atoms with Crippen LogP contribution in [0.25, 0.3) is 0 Å². The molecule has 0 spiro atoms. The van der Waals surface area contributed by atoms with E-state index in [4.69, 9.17) is 11.6 Å². The number of carbonyl (C=O) groups excluding carboxylic acids is 2. The van der Waals surface area contributed by atoms with Crippen LogP contribution in [0.1, 0.15) is 38.2 Å². The lowest BCUT2D eigenvalue weighted by molar-refractivity contribution is -0.116. The number of benzene rings is 2. The van der Waals surface area contributed by atoms with Gasteiger partial charge < -0.3 is 16.0 Å². The molecule has 0 fully saturated rings. The summed E-state index contributed by atoms with van der Waals surface area (Å²) in [5, 5.41) is 9.41. The first kappa shape index (κ1) is 20.8.